The van der Waals surface area contributed by atoms with E-state index in [0.717, 1.165) is 18.2 Å². The summed E-state index contributed by atoms with van der Waals surface area (Å²) >= 11 is 0. The highest BCUT2D eigenvalue weighted by Crippen LogP contribution is 2.42. The molecule has 1 atom stereocenters. The molecule has 0 radical (unpaired) electrons. The van der Waals surface area contributed by atoms with Crippen molar-refractivity contribution < 1.29 is 22.4 Å². The summed E-state index contributed by atoms with van der Waals surface area (Å²) in [5, 5.41) is 1.89. The Morgan fingerprint density at radius 3 is 2.53 bits per heavy atom. The van der Waals surface area contributed by atoms with Crippen LogP contribution in [0.1, 0.15) is 17.3 Å². The maximum Gasteiger partial charge on any atom is 0.418 e. The third-order valence-electron chi connectivity index (χ3n) is 2.15. The van der Waals surface area contributed by atoms with E-state index in [0.29, 0.717) is 0 Å². The Bertz CT molecular complexity index is 427. The number of hydrogen-bond donors (Lipinski definition) is 1. The number of nitrogens with one attached hydrogen (secondary N) is 1. The Balaban J connectivity index is 2.60. The minimum atomic E-state index is -4.59. The molecular formula is C9H5F4NO. The Labute approximate surface area is 81.9 Å². The van der Waals surface area contributed by atoms with Crippen LogP contribution in [0.2, 0.25) is 0 Å². The van der Waals surface area contributed by atoms with Crippen molar-refractivity contribution in [3.05, 3.63) is 29.3 Å². The minimum Gasteiger partial charge on any atom is -0.322 e. The average Bonchev–Trinajstić information content (AvgIpc) is 2.41. The Morgan fingerprint density at radius 2 is 1.93 bits per heavy atom. The molecule has 80 valence electrons. The van der Waals surface area contributed by atoms with E-state index in [1.165, 1.54) is 0 Å². The van der Waals surface area contributed by atoms with E-state index in [2.05, 4.69) is 0 Å². The molecule has 0 aliphatic carbocycles. The second-order valence-corrected chi connectivity index (χ2v) is 3.12. The van der Waals surface area contributed by atoms with Gasteiger partial charge in [0, 0.05) is 5.56 Å². The lowest BCUT2D eigenvalue weighted by Gasteiger charge is -2.10. The number of hydrogen-bond acceptors (Lipinski definition) is 1. The molecule has 0 saturated heterocycles. The molecule has 1 aromatic carbocycles. The van der Waals surface area contributed by atoms with Gasteiger partial charge in [-0.1, -0.05) is 12.1 Å². The van der Waals surface area contributed by atoms with Crippen LogP contribution in [-0.2, 0) is 11.0 Å². The van der Waals surface area contributed by atoms with E-state index in [4.69, 9.17) is 0 Å². The van der Waals surface area contributed by atoms with E-state index in [9.17, 15) is 22.4 Å². The molecule has 2 rings (SSSR count). The molecule has 0 spiro atoms. The summed E-state index contributed by atoms with van der Waals surface area (Å²) in [7, 11) is 0. The van der Waals surface area contributed by atoms with E-state index >= 15 is 0 Å². The van der Waals surface area contributed by atoms with Crippen molar-refractivity contribution in [2.75, 3.05) is 5.32 Å². The van der Waals surface area contributed by atoms with Crippen LogP contribution in [0.4, 0.5) is 23.2 Å². The lowest BCUT2D eigenvalue weighted by molar-refractivity contribution is -0.136. The molecule has 1 aliphatic rings. The highest BCUT2D eigenvalue weighted by Gasteiger charge is 2.40. The maximum atomic E-state index is 13.1. The number of fused-ring (bicyclic) bond motifs is 1. The topological polar surface area (TPSA) is 29.1 Å². The molecule has 1 N–H and O–H groups in total. The van der Waals surface area contributed by atoms with Crippen LogP contribution in [0, 0.1) is 0 Å². The van der Waals surface area contributed by atoms with Gasteiger partial charge in [-0.25, -0.2) is 4.39 Å². The molecule has 1 aromatic rings. The smallest absolute Gasteiger partial charge is 0.322 e. The van der Waals surface area contributed by atoms with Crippen molar-refractivity contribution in [3.63, 3.8) is 0 Å². The van der Waals surface area contributed by atoms with Crippen molar-refractivity contribution in [1.82, 2.24) is 0 Å². The first-order chi connectivity index (χ1) is 6.91. The number of carbonyl (C=O) groups is 1. The molecule has 0 saturated carbocycles. The average molecular weight is 219 g/mol. The summed E-state index contributed by atoms with van der Waals surface area (Å²) in [6, 6.07) is 3.04. The Morgan fingerprint density at radius 1 is 1.27 bits per heavy atom. The van der Waals surface area contributed by atoms with Crippen molar-refractivity contribution in [1.29, 1.82) is 0 Å². The van der Waals surface area contributed by atoms with Gasteiger partial charge in [0.15, 0.2) is 0 Å². The molecule has 0 aromatic heterocycles. The zero-order chi connectivity index (χ0) is 11.2. The summed E-state index contributed by atoms with van der Waals surface area (Å²) in [5.41, 5.74) is -1.74. The fourth-order valence-corrected chi connectivity index (χ4v) is 1.48. The first kappa shape index (κ1) is 9.95. The zero-order valence-electron chi connectivity index (χ0n) is 7.23. The molecule has 2 nitrogen and oxygen atoms in total. The van der Waals surface area contributed by atoms with Crippen LogP contribution >= 0.6 is 0 Å². The summed E-state index contributed by atoms with van der Waals surface area (Å²) in [6.07, 6.45) is -6.61. The van der Waals surface area contributed by atoms with Crippen LogP contribution in [0.15, 0.2) is 18.2 Å². The second-order valence-electron chi connectivity index (χ2n) is 3.12. The number of benzene rings is 1. The SMILES string of the molecule is O=C1Nc2c(cccc2C(F)(F)F)C1F. The number of halogens is 4. The van der Waals surface area contributed by atoms with Gasteiger partial charge < -0.3 is 5.32 Å². The van der Waals surface area contributed by atoms with Crippen LogP contribution in [0.5, 0.6) is 0 Å². The van der Waals surface area contributed by atoms with E-state index in [1.807, 2.05) is 5.32 Å². The van der Waals surface area contributed by atoms with Gasteiger partial charge in [0.05, 0.1) is 11.3 Å². The summed E-state index contributed by atoms with van der Waals surface area (Å²) in [4.78, 5) is 10.9. The molecule has 15 heavy (non-hydrogen) atoms. The molecule has 1 unspecified atom stereocenters. The number of alkyl halides is 4. The minimum absolute atomic E-state index is 0.255. The van der Waals surface area contributed by atoms with E-state index in [1.54, 1.807) is 0 Å². The summed E-state index contributed by atoms with van der Waals surface area (Å²) < 4.78 is 50.4. The highest BCUT2D eigenvalue weighted by molar-refractivity contribution is 6.02. The summed E-state index contributed by atoms with van der Waals surface area (Å²) in [6.45, 7) is 0. The number of rotatable bonds is 0. The number of amides is 1. The van der Waals surface area contributed by atoms with Gasteiger partial charge in [0.1, 0.15) is 0 Å². The number of carbonyl (C=O) groups excluding carboxylic acids is 1. The molecule has 0 fully saturated rings. The number of anilines is 1. The molecule has 1 aliphatic heterocycles. The number of para-hydroxylation sites is 1. The molecular weight excluding hydrogens is 214 g/mol. The van der Waals surface area contributed by atoms with Crippen LogP contribution < -0.4 is 5.32 Å². The quantitative estimate of drug-likeness (QED) is 0.668. The first-order valence-corrected chi connectivity index (χ1v) is 4.06. The normalized spacial score (nSPS) is 20.0. The third kappa shape index (κ3) is 1.45. The van der Waals surface area contributed by atoms with E-state index < -0.39 is 29.5 Å². The van der Waals surface area contributed by atoms with Crippen molar-refractivity contribution in [2.24, 2.45) is 0 Å². The van der Waals surface area contributed by atoms with Crippen molar-refractivity contribution >= 4 is 11.6 Å². The molecule has 1 amide bonds. The fraction of sp³-hybridized carbons (Fsp3) is 0.222. The molecule has 1 heterocycles. The second kappa shape index (κ2) is 2.95. The molecule has 6 heteroatoms. The van der Waals surface area contributed by atoms with Gasteiger partial charge in [-0.3, -0.25) is 4.79 Å². The van der Waals surface area contributed by atoms with Gasteiger partial charge in [-0.15, -0.1) is 0 Å². The van der Waals surface area contributed by atoms with Gasteiger partial charge in [0.25, 0.3) is 5.91 Å². The van der Waals surface area contributed by atoms with Crippen LogP contribution in [0.3, 0.4) is 0 Å². The lowest BCUT2D eigenvalue weighted by Crippen LogP contribution is -2.11. The van der Waals surface area contributed by atoms with Crippen LogP contribution in [-0.4, -0.2) is 5.91 Å². The monoisotopic (exact) mass is 219 g/mol. The predicted octanol–water partition coefficient (Wildman–Crippen LogP) is 2.67. The first-order valence-electron chi connectivity index (χ1n) is 4.06. The standard InChI is InChI=1S/C9H5F4NO/c10-6-4-2-1-3-5(9(11,12)13)7(4)14-8(6)15/h1-3,6H,(H,14,15). The predicted molar refractivity (Wildman–Crippen MR) is 43.9 cm³/mol. The largest absolute Gasteiger partial charge is 0.418 e. The van der Waals surface area contributed by atoms with Crippen molar-refractivity contribution in [2.45, 2.75) is 12.3 Å². The summed E-state index contributed by atoms with van der Waals surface area (Å²) in [5.74, 6) is -1.05. The van der Waals surface area contributed by atoms with Gasteiger partial charge in [-0.2, -0.15) is 13.2 Å². The van der Waals surface area contributed by atoms with E-state index in [-0.39, 0.29) is 5.56 Å². The van der Waals surface area contributed by atoms with Gasteiger partial charge in [-0.05, 0) is 6.07 Å². The van der Waals surface area contributed by atoms with Gasteiger partial charge in [0.2, 0.25) is 6.17 Å². The maximum absolute atomic E-state index is 13.1. The zero-order valence-corrected chi connectivity index (χ0v) is 7.23. The Kier molecular flexibility index (Phi) is 1.95. The van der Waals surface area contributed by atoms with Gasteiger partial charge >= 0.3 is 6.18 Å². The van der Waals surface area contributed by atoms with Crippen LogP contribution in [0.25, 0.3) is 0 Å². The molecule has 0 bridgehead atoms. The Hall–Kier alpha value is -1.59. The fourth-order valence-electron chi connectivity index (χ4n) is 1.48. The van der Waals surface area contributed by atoms with Crippen molar-refractivity contribution in [3.8, 4) is 0 Å². The third-order valence-corrected chi connectivity index (χ3v) is 2.15. The lowest BCUT2D eigenvalue weighted by atomic mass is 10.1. The highest BCUT2D eigenvalue weighted by atomic mass is 19.4.